The molecule has 1 saturated heterocycles. The van der Waals surface area contributed by atoms with Crippen molar-refractivity contribution >= 4 is 44.7 Å². The number of carbonyl (C=O) groups is 1. The predicted molar refractivity (Wildman–Crippen MR) is 105 cm³/mol. The van der Waals surface area contributed by atoms with Crippen LogP contribution in [0.4, 0.5) is 5.69 Å². The number of hydrogen-bond acceptors (Lipinski definition) is 6. The average molecular weight is 412 g/mol. The highest BCUT2D eigenvalue weighted by Gasteiger charge is 2.27. The van der Waals surface area contributed by atoms with Crippen molar-refractivity contribution in [1.29, 1.82) is 0 Å². The number of aryl methyl sites for hydroxylation is 1. The summed E-state index contributed by atoms with van der Waals surface area (Å²) >= 11 is 2.93. The number of hydrogen-bond donors (Lipinski definition) is 1. The van der Waals surface area contributed by atoms with Gasteiger partial charge in [0.1, 0.15) is 0 Å². The summed E-state index contributed by atoms with van der Waals surface area (Å²) in [7, 11) is -3.43. The largest absolute Gasteiger partial charge is 0.325 e. The van der Waals surface area contributed by atoms with Gasteiger partial charge in [0.15, 0.2) is 4.34 Å². The molecular weight excluding hydrogens is 390 g/mol. The van der Waals surface area contributed by atoms with Gasteiger partial charge in [-0.25, -0.2) is 13.4 Å². The number of aromatic nitrogens is 1. The van der Waals surface area contributed by atoms with Crippen molar-refractivity contribution < 1.29 is 13.2 Å². The summed E-state index contributed by atoms with van der Waals surface area (Å²) in [6, 6.07) is 6.36. The molecule has 1 aromatic carbocycles. The lowest BCUT2D eigenvalue weighted by atomic mass is 10.3. The monoisotopic (exact) mass is 411 g/mol. The van der Waals surface area contributed by atoms with E-state index in [0.29, 0.717) is 18.8 Å². The van der Waals surface area contributed by atoms with Gasteiger partial charge in [-0.3, -0.25) is 4.79 Å². The van der Waals surface area contributed by atoms with Crippen molar-refractivity contribution in [3.8, 4) is 0 Å². The molecule has 3 rings (SSSR count). The van der Waals surface area contributed by atoms with E-state index in [0.717, 1.165) is 22.9 Å². The van der Waals surface area contributed by atoms with E-state index in [4.69, 9.17) is 0 Å². The lowest BCUT2D eigenvalue weighted by Gasteiger charge is -2.16. The SMILES string of the molecule is Cc1csc(S[C@@H](C)C(=O)Nc2ccc(S(=O)(=O)N3CCCC3)cc2)n1. The van der Waals surface area contributed by atoms with E-state index in [1.165, 1.54) is 27.4 Å². The highest BCUT2D eigenvalue weighted by atomic mass is 32.2. The topological polar surface area (TPSA) is 79.4 Å². The van der Waals surface area contributed by atoms with Crippen LogP contribution in [-0.4, -0.2) is 42.0 Å². The van der Waals surface area contributed by atoms with Crippen molar-refractivity contribution in [3.63, 3.8) is 0 Å². The van der Waals surface area contributed by atoms with Gasteiger partial charge in [0.25, 0.3) is 0 Å². The number of nitrogens with one attached hydrogen (secondary N) is 1. The molecule has 0 bridgehead atoms. The molecular formula is C17H21N3O3S3. The first-order chi connectivity index (χ1) is 12.4. The number of sulfonamides is 1. The Morgan fingerprint density at radius 3 is 2.50 bits per heavy atom. The molecule has 1 aromatic heterocycles. The lowest BCUT2D eigenvalue weighted by molar-refractivity contribution is -0.115. The molecule has 26 heavy (non-hydrogen) atoms. The third-order valence-electron chi connectivity index (χ3n) is 4.07. The third kappa shape index (κ3) is 4.46. The molecule has 0 aliphatic carbocycles. The normalized spacial score (nSPS) is 16.5. The molecule has 1 aliphatic heterocycles. The van der Waals surface area contributed by atoms with Crippen LogP contribution in [0.1, 0.15) is 25.5 Å². The van der Waals surface area contributed by atoms with Gasteiger partial charge in [0.05, 0.1) is 10.1 Å². The van der Waals surface area contributed by atoms with Gasteiger partial charge in [-0.2, -0.15) is 4.31 Å². The lowest BCUT2D eigenvalue weighted by Crippen LogP contribution is -2.27. The van der Waals surface area contributed by atoms with Crippen LogP contribution in [0.5, 0.6) is 0 Å². The first-order valence-electron chi connectivity index (χ1n) is 8.36. The number of nitrogens with zero attached hydrogens (tertiary/aromatic N) is 2. The minimum Gasteiger partial charge on any atom is -0.325 e. The number of rotatable bonds is 6. The summed E-state index contributed by atoms with van der Waals surface area (Å²) in [5.74, 6) is -0.141. The predicted octanol–water partition coefficient (Wildman–Crippen LogP) is 3.36. The molecule has 6 nitrogen and oxygen atoms in total. The van der Waals surface area contributed by atoms with Crippen molar-refractivity contribution in [1.82, 2.24) is 9.29 Å². The Morgan fingerprint density at radius 2 is 1.92 bits per heavy atom. The number of amides is 1. The first-order valence-corrected chi connectivity index (χ1v) is 11.6. The molecule has 140 valence electrons. The van der Waals surface area contributed by atoms with Crippen molar-refractivity contribution in [2.45, 2.75) is 41.2 Å². The molecule has 2 aromatic rings. The minimum atomic E-state index is -3.43. The first kappa shape index (κ1) is 19.3. The van der Waals surface area contributed by atoms with Crippen molar-refractivity contribution in [2.75, 3.05) is 18.4 Å². The summed E-state index contributed by atoms with van der Waals surface area (Å²) in [5.41, 5.74) is 1.53. The molecule has 1 aliphatic rings. The zero-order valence-electron chi connectivity index (χ0n) is 14.6. The van der Waals surface area contributed by atoms with E-state index in [2.05, 4.69) is 10.3 Å². The molecule has 0 saturated carbocycles. The molecule has 1 fully saturated rings. The molecule has 0 spiro atoms. The Morgan fingerprint density at radius 1 is 1.27 bits per heavy atom. The van der Waals surface area contributed by atoms with E-state index in [1.807, 2.05) is 19.2 Å². The molecule has 0 radical (unpaired) electrons. The van der Waals surface area contributed by atoms with Gasteiger partial charge in [-0.15, -0.1) is 11.3 Å². The Kier molecular flexibility index (Phi) is 6.01. The molecule has 9 heteroatoms. The second-order valence-electron chi connectivity index (χ2n) is 6.14. The van der Waals surface area contributed by atoms with Crippen LogP contribution < -0.4 is 5.32 Å². The Labute approximate surface area is 162 Å². The number of anilines is 1. The Hall–Kier alpha value is -1.42. The van der Waals surface area contributed by atoms with Crippen molar-refractivity contribution in [2.24, 2.45) is 0 Å². The summed E-state index contributed by atoms with van der Waals surface area (Å²) in [4.78, 5) is 16.9. The van der Waals surface area contributed by atoms with Crippen LogP contribution in [-0.2, 0) is 14.8 Å². The van der Waals surface area contributed by atoms with Gasteiger partial charge in [0.2, 0.25) is 15.9 Å². The highest BCUT2D eigenvalue weighted by Crippen LogP contribution is 2.27. The molecule has 0 unspecified atom stereocenters. The molecule has 1 N–H and O–H groups in total. The highest BCUT2D eigenvalue weighted by molar-refractivity contribution is 8.02. The summed E-state index contributed by atoms with van der Waals surface area (Å²) in [6.07, 6.45) is 1.81. The van der Waals surface area contributed by atoms with E-state index >= 15 is 0 Å². The van der Waals surface area contributed by atoms with Crippen LogP contribution in [0.2, 0.25) is 0 Å². The Balaban J connectivity index is 1.62. The molecule has 1 atom stereocenters. The number of thioether (sulfide) groups is 1. The van der Waals surface area contributed by atoms with Crippen LogP contribution in [0.15, 0.2) is 38.9 Å². The zero-order chi connectivity index (χ0) is 18.7. The fourth-order valence-electron chi connectivity index (χ4n) is 2.62. The van der Waals surface area contributed by atoms with Gasteiger partial charge in [0, 0.05) is 29.9 Å². The second kappa shape index (κ2) is 8.08. The van der Waals surface area contributed by atoms with Crippen LogP contribution in [0, 0.1) is 6.92 Å². The quantitative estimate of drug-likeness (QED) is 0.738. The van der Waals surface area contributed by atoms with Gasteiger partial charge < -0.3 is 5.32 Å². The van der Waals surface area contributed by atoms with Gasteiger partial charge >= 0.3 is 0 Å². The van der Waals surface area contributed by atoms with E-state index in [-0.39, 0.29) is 16.1 Å². The van der Waals surface area contributed by atoms with Crippen LogP contribution >= 0.6 is 23.1 Å². The maximum Gasteiger partial charge on any atom is 0.243 e. The number of thiazole rings is 1. The second-order valence-corrected chi connectivity index (χ2v) is 10.5. The number of carbonyl (C=O) groups excluding carboxylic acids is 1. The van der Waals surface area contributed by atoms with Gasteiger partial charge in [-0.05, 0) is 51.0 Å². The molecule has 2 heterocycles. The van der Waals surface area contributed by atoms with Gasteiger partial charge in [-0.1, -0.05) is 11.8 Å². The van der Waals surface area contributed by atoms with Crippen LogP contribution in [0.25, 0.3) is 0 Å². The maximum atomic E-state index is 12.5. The third-order valence-corrected chi connectivity index (χ3v) is 8.17. The average Bonchev–Trinajstić information content (AvgIpc) is 3.27. The standard InChI is InChI=1S/C17H21N3O3S3/c1-12-11-24-17(18-12)25-13(2)16(21)19-14-5-7-15(8-6-14)26(22,23)20-9-3-4-10-20/h5-8,11,13H,3-4,9-10H2,1-2H3,(H,19,21)/t13-/m0/s1. The number of benzene rings is 1. The van der Waals surface area contributed by atoms with E-state index in [9.17, 15) is 13.2 Å². The van der Waals surface area contributed by atoms with E-state index < -0.39 is 10.0 Å². The summed E-state index contributed by atoms with van der Waals surface area (Å²) < 4.78 is 27.4. The zero-order valence-corrected chi connectivity index (χ0v) is 17.1. The summed E-state index contributed by atoms with van der Waals surface area (Å²) in [5, 5.41) is 4.48. The summed E-state index contributed by atoms with van der Waals surface area (Å²) in [6.45, 7) is 4.89. The minimum absolute atomic E-state index is 0.141. The fourth-order valence-corrected chi connectivity index (χ4v) is 6.13. The maximum absolute atomic E-state index is 12.5. The van der Waals surface area contributed by atoms with Crippen molar-refractivity contribution in [3.05, 3.63) is 35.3 Å². The smallest absolute Gasteiger partial charge is 0.243 e. The Bertz CT molecular complexity index is 872. The molecule has 1 amide bonds. The van der Waals surface area contributed by atoms with Crippen LogP contribution in [0.3, 0.4) is 0 Å². The van der Waals surface area contributed by atoms with E-state index in [1.54, 1.807) is 24.3 Å². The fraction of sp³-hybridized carbons (Fsp3) is 0.412.